The first-order valence-corrected chi connectivity index (χ1v) is 11.8. The number of hydrogen-bond acceptors (Lipinski definition) is 2. The molecular formula is C24H28F10O2. The van der Waals surface area contributed by atoms with E-state index >= 15 is 0 Å². The van der Waals surface area contributed by atoms with E-state index in [2.05, 4.69) is 6.92 Å². The smallest absolute Gasteiger partial charge is 0.423 e. The Balaban J connectivity index is 1.95. The molecule has 0 radical (unpaired) electrons. The second kappa shape index (κ2) is 11.6. The molecule has 0 atom stereocenters. The molecule has 2 nitrogen and oxygen atoms in total. The predicted molar refractivity (Wildman–Crippen MR) is 111 cm³/mol. The normalized spacial score (nSPS) is 19.9. The quantitative estimate of drug-likeness (QED) is 0.122. The minimum Gasteiger partial charge on any atom is -0.423 e. The first-order valence-electron chi connectivity index (χ1n) is 11.8. The second-order valence-electron chi connectivity index (χ2n) is 9.17. The fraction of sp³-hybridized carbons (Fsp3) is 0.708. The molecule has 36 heavy (non-hydrogen) atoms. The number of benzene rings is 1. The third-order valence-corrected chi connectivity index (χ3v) is 6.52. The number of esters is 1. The van der Waals surface area contributed by atoms with E-state index in [4.69, 9.17) is 4.74 Å². The van der Waals surface area contributed by atoms with E-state index in [1.165, 1.54) is 12.1 Å². The van der Waals surface area contributed by atoms with Gasteiger partial charge in [0.1, 0.15) is 0 Å². The molecule has 0 aliphatic heterocycles. The van der Waals surface area contributed by atoms with Crippen molar-refractivity contribution in [3.8, 4) is 5.75 Å². The summed E-state index contributed by atoms with van der Waals surface area (Å²) in [6.07, 6.45) is -4.08. The van der Waals surface area contributed by atoms with Crippen molar-refractivity contribution >= 4 is 5.97 Å². The predicted octanol–water partition coefficient (Wildman–Crippen LogP) is 8.52. The molecule has 206 valence electrons. The summed E-state index contributed by atoms with van der Waals surface area (Å²) < 4.78 is 138. The summed E-state index contributed by atoms with van der Waals surface area (Å²) in [7, 11) is 0. The van der Waals surface area contributed by atoms with Crippen molar-refractivity contribution < 1.29 is 53.4 Å². The van der Waals surface area contributed by atoms with Crippen molar-refractivity contribution in [1.29, 1.82) is 0 Å². The summed E-state index contributed by atoms with van der Waals surface area (Å²) in [5.74, 6) is -25.2. The maximum Gasteiger partial charge on any atom is 0.460 e. The molecule has 0 amide bonds. The van der Waals surface area contributed by atoms with Crippen molar-refractivity contribution in [1.82, 2.24) is 0 Å². The van der Waals surface area contributed by atoms with Gasteiger partial charge in [-0.05, 0) is 56.2 Å². The summed E-state index contributed by atoms with van der Waals surface area (Å²) in [5.41, 5.74) is 0.683. The Labute approximate surface area is 202 Å². The molecule has 1 aliphatic rings. The van der Waals surface area contributed by atoms with Gasteiger partial charge in [0, 0.05) is 5.92 Å². The summed E-state index contributed by atoms with van der Waals surface area (Å²) in [4.78, 5) is 12.3. The molecule has 0 aromatic heterocycles. The standard InChI is InChI=1S/C24H28F10O2/c1-2-3-4-5-6-7-15-8-13-19(18(25)14-15)36-20(35)16-9-11-17(12-10-16)21(26,27)22(28,29)23(30,31)24(32,33)34/h8,13-14,16-17H,2-7,9-12H2,1H3. The molecule has 1 saturated carbocycles. The molecular weight excluding hydrogens is 510 g/mol. The Kier molecular flexibility index (Phi) is 9.72. The fourth-order valence-electron chi connectivity index (χ4n) is 4.24. The van der Waals surface area contributed by atoms with Crippen LogP contribution in [0.3, 0.4) is 0 Å². The van der Waals surface area contributed by atoms with Crippen LogP contribution >= 0.6 is 0 Å². The van der Waals surface area contributed by atoms with Crippen LogP contribution in [0.1, 0.15) is 70.3 Å². The molecule has 2 rings (SSSR count). The van der Waals surface area contributed by atoms with Crippen LogP contribution in [-0.4, -0.2) is 29.9 Å². The Morgan fingerprint density at radius 2 is 1.44 bits per heavy atom. The molecule has 0 N–H and O–H groups in total. The third kappa shape index (κ3) is 6.45. The van der Waals surface area contributed by atoms with E-state index in [0.29, 0.717) is 12.0 Å². The van der Waals surface area contributed by atoms with Crippen LogP contribution < -0.4 is 4.74 Å². The Morgan fingerprint density at radius 3 is 1.97 bits per heavy atom. The number of carbonyl (C=O) groups is 1. The van der Waals surface area contributed by atoms with Gasteiger partial charge < -0.3 is 4.74 Å². The molecule has 1 aliphatic carbocycles. The highest BCUT2D eigenvalue weighted by Crippen LogP contribution is 2.57. The van der Waals surface area contributed by atoms with E-state index < -0.39 is 79.0 Å². The van der Waals surface area contributed by atoms with Crippen molar-refractivity contribution in [3.63, 3.8) is 0 Å². The van der Waals surface area contributed by atoms with Gasteiger partial charge in [-0.3, -0.25) is 4.79 Å². The highest BCUT2D eigenvalue weighted by atomic mass is 19.4. The van der Waals surface area contributed by atoms with E-state index in [-0.39, 0.29) is 0 Å². The zero-order valence-electron chi connectivity index (χ0n) is 19.6. The number of hydrogen-bond donors (Lipinski definition) is 0. The highest BCUT2D eigenvalue weighted by Gasteiger charge is 2.82. The maximum absolute atomic E-state index is 14.3. The fourth-order valence-corrected chi connectivity index (χ4v) is 4.24. The highest BCUT2D eigenvalue weighted by molar-refractivity contribution is 5.75. The molecule has 0 heterocycles. The van der Waals surface area contributed by atoms with Crippen molar-refractivity contribution in [2.75, 3.05) is 0 Å². The lowest BCUT2D eigenvalue weighted by molar-refractivity contribution is -0.404. The average Bonchev–Trinajstić information content (AvgIpc) is 2.79. The summed E-state index contributed by atoms with van der Waals surface area (Å²) in [6, 6.07) is 3.99. The molecule has 0 saturated heterocycles. The minimum absolute atomic E-state index is 0.418. The van der Waals surface area contributed by atoms with Crippen LogP contribution in [0.25, 0.3) is 0 Å². The average molecular weight is 538 g/mol. The van der Waals surface area contributed by atoms with E-state index in [0.717, 1.165) is 32.1 Å². The molecule has 1 fully saturated rings. The van der Waals surface area contributed by atoms with Gasteiger partial charge in [0.15, 0.2) is 11.6 Å². The second-order valence-corrected chi connectivity index (χ2v) is 9.17. The first-order chi connectivity index (χ1) is 16.6. The van der Waals surface area contributed by atoms with E-state index in [9.17, 15) is 48.7 Å². The molecule has 0 bridgehead atoms. The minimum atomic E-state index is -6.95. The summed E-state index contributed by atoms with van der Waals surface area (Å²) >= 11 is 0. The number of ether oxygens (including phenoxy) is 1. The van der Waals surface area contributed by atoms with E-state index in [1.807, 2.05) is 0 Å². The Morgan fingerprint density at radius 1 is 0.861 bits per heavy atom. The third-order valence-electron chi connectivity index (χ3n) is 6.52. The van der Waals surface area contributed by atoms with Crippen molar-refractivity contribution in [3.05, 3.63) is 29.6 Å². The monoisotopic (exact) mass is 538 g/mol. The zero-order valence-corrected chi connectivity index (χ0v) is 19.6. The lowest BCUT2D eigenvalue weighted by Gasteiger charge is -2.39. The molecule has 12 heteroatoms. The zero-order chi connectivity index (χ0) is 27.4. The topological polar surface area (TPSA) is 26.3 Å². The lowest BCUT2D eigenvalue weighted by Crippen LogP contribution is -2.63. The van der Waals surface area contributed by atoms with Gasteiger partial charge in [0.05, 0.1) is 5.92 Å². The van der Waals surface area contributed by atoms with E-state index in [1.54, 1.807) is 6.07 Å². The molecule has 1 aromatic rings. The van der Waals surface area contributed by atoms with Crippen LogP contribution in [0, 0.1) is 17.7 Å². The van der Waals surface area contributed by atoms with Crippen molar-refractivity contribution in [2.24, 2.45) is 11.8 Å². The van der Waals surface area contributed by atoms with Crippen LogP contribution in [0.4, 0.5) is 43.9 Å². The number of alkyl halides is 9. The SMILES string of the molecule is CCCCCCCc1ccc(OC(=O)C2CCC(C(F)(F)C(F)(F)C(F)(F)C(F)(F)F)CC2)c(F)c1. The lowest BCUT2D eigenvalue weighted by atomic mass is 9.76. The maximum atomic E-state index is 14.3. The van der Waals surface area contributed by atoms with Gasteiger partial charge in [0.25, 0.3) is 0 Å². The Bertz CT molecular complexity index is 874. The van der Waals surface area contributed by atoms with Gasteiger partial charge in [-0.1, -0.05) is 38.7 Å². The van der Waals surface area contributed by atoms with Crippen LogP contribution in [0.5, 0.6) is 5.75 Å². The molecule has 0 unspecified atom stereocenters. The Hall–Kier alpha value is -2.01. The van der Waals surface area contributed by atoms with Gasteiger partial charge in [-0.15, -0.1) is 0 Å². The molecule has 1 aromatic carbocycles. The van der Waals surface area contributed by atoms with Gasteiger partial charge in [-0.25, -0.2) is 4.39 Å². The first kappa shape index (κ1) is 30.2. The number of rotatable bonds is 11. The summed E-state index contributed by atoms with van der Waals surface area (Å²) in [6.45, 7) is 2.08. The van der Waals surface area contributed by atoms with Crippen LogP contribution in [0.15, 0.2) is 18.2 Å². The van der Waals surface area contributed by atoms with Crippen LogP contribution in [-0.2, 0) is 11.2 Å². The molecule has 0 spiro atoms. The van der Waals surface area contributed by atoms with Crippen molar-refractivity contribution in [2.45, 2.75) is 95.1 Å². The van der Waals surface area contributed by atoms with Crippen LogP contribution in [0.2, 0.25) is 0 Å². The largest absolute Gasteiger partial charge is 0.460 e. The number of aryl methyl sites for hydroxylation is 1. The van der Waals surface area contributed by atoms with Gasteiger partial charge in [-0.2, -0.15) is 39.5 Å². The number of halogens is 10. The van der Waals surface area contributed by atoms with Gasteiger partial charge in [0.2, 0.25) is 0 Å². The number of carbonyl (C=O) groups excluding carboxylic acids is 1. The number of unbranched alkanes of at least 4 members (excludes halogenated alkanes) is 4. The van der Waals surface area contributed by atoms with Gasteiger partial charge >= 0.3 is 29.9 Å². The summed E-state index contributed by atoms with van der Waals surface area (Å²) in [5, 5.41) is 0.